The molecule has 2 aromatic heterocycles. The average molecular weight is 353 g/mol. The molecule has 3 aromatic rings. The van der Waals surface area contributed by atoms with E-state index in [9.17, 15) is 9.18 Å². The van der Waals surface area contributed by atoms with Crippen LogP contribution in [0.3, 0.4) is 0 Å². The first-order chi connectivity index (χ1) is 12.5. The van der Waals surface area contributed by atoms with Crippen molar-refractivity contribution < 1.29 is 18.0 Å². The summed E-state index contributed by atoms with van der Waals surface area (Å²) >= 11 is 0. The lowest BCUT2D eigenvalue weighted by molar-refractivity contribution is 0.0744. The van der Waals surface area contributed by atoms with Gasteiger partial charge < -0.3 is 13.7 Å². The molecule has 0 saturated heterocycles. The van der Waals surface area contributed by atoms with E-state index < -0.39 is 0 Å². The molecule has 2 atom stereocenters. The maximum atomic E-state index is 13.0. The number of hydrogen-bond acceptors (Lipinski definition) is 3. The van der Waals surface area contributed by atoms with E-state index in [2.05, 4.69) is 6.92 Å². The van der Waals surface area contributed by atoms with Gasteiger partial charge in [-0.2, -0.15) is 0 Å². The van der Waals surface area contributed by atoms with Crippen LogP contribution in [0, 0.1) is 11.7 Å². The molecule has 5 heteroatoms. The summed E-state index contributed by atoms with van der Waals surface area (Å²) in [5.41, 5.74) is 0.724. The topological polar surface area (TPSA) is 46.6 Å². The minimum atomic E-state index is -0.310. The third-order valence-electron chi connectivity index (χ3n) is 4.84. The molecule has 0 bridgehead atoms. The van der Waals surface area contributed by atoms with E-state index in [1.165, 1.54) is 18.6 Å². The highest BCUT2D eigenvalue weighted by Crippen LogP contribution is 2.47. The standard InChI is InChI=1S/C21H20FNO3/c1-13-11-17(13)19-8-7-16(25-19)12-23(2)21(24)20-10-9-18(26-20)14-3-5-15(22)6-4-14/h3-10,13,17H,11-12H2,1-2H3/t13-,17+/m1/s1. The summed E-state index contributed by atoms with van der Waals surface area (Å²) in [6, 6.07) is 13.2. The Bertz CT molecular complexity index is 925. The fraction of sp³-hybridized carbons (Fsp3) is 0.286. The number of carbonyl (C=O) groups excluding carboxylic acids is 1. The van der Waals surface area contributed by atoms with Gasteiger partial charge in [-0.1, -0.05) is 6.92 Å². The summed E-state index contributed by atoms with van der Waals surface area (Å²) in [4.78, 5) is 14.1. The minimum absolute atomic E-state index is 0.226. The highest BCUT2D eigenvalue weighted by Gasteiger charge is 2.36. The van der Waals surface area contributed by atoms with E-state index in [0.29, 0.717) is 24.1 Å². The first-order valence-electron chi connectivity index (χ1n) is 8.71. The molecular weight excluding hydrogens is 333 g/mol. The van der Waals surface area contributed by atoms with Crippen molar-refractivity contribution in [3.63, 3.8) is 0 Å². The van der Waals surface area contributed by atoms with Crippen LogP contribution >= 0.6 is 0 Å². The van der Waals surface area contributed by atoms with Gasteiger partial charge in [0.05, 0.1) is 6.54 Å². The van der Waals surface area contributed by atoms with Crippen molar-refractivity contribution in [2.75, 3.05) is 7.05 Å². The largest absolute Gasteiger partial charge is 0.464 e. The molecule has 1 aromatic carbocycles. The van der Waals surface area contributed by atoms with Crippen LogP contribution < -0.4 is 0 Å². The molecule has 1 amide bonds. The first kappa shape index (κ1) is 16.6. The van der Waals surface area contributed by atoms with Crippen LogP contribution in [0.4, 0.5) is 4.39 Å². The number of benzene rings is 1. The third kappa shape index (κ3) is 3.29. The van der Waals surface area contributed by atoms with Crippen molar-refractivity contribution in [2.45, 2.75) is 25.8 Å². The highest BCUT2D eigenvalue weighted by atomic mass is 19.1. The maximum Gasteiger partial charge on any atom is 0.289 e. The monoisotopic (exact) mass is 353 g/mol. The number of carbonyl (C=O) groups is 1. The molecule has 0 spiro atoms. The second kappa shape index (κ2) is 6.48. The van der Waals surface area contributed by atoms with Crippen molar-refractivity contribution >= 4 is 5.91 Å². The molecule has 1 fully saturated rings. The van der Waals surface area contributed by atoms with Crippen LogP contribution in [-0.4, -0.2) is 17.9 Å². The quantitative estimate of drug-likeness (QED) is 0.643. The predicted octanol–water partition coefficient (Wildman–Crippen LogP) is 5.07. The Morgan fingerprint density at radius 1 is 1.12 bits per heavy atom. The van der Waals surface area contributed by atoms with Gasteiger partial charge in [0.1, 0.15) is 23.1 Å². The van der Waals surface area contributed by atoms with Gasteiger partial charge in [-0.3, -0.25) is 4.79 Å². The van der Waals surface area contributed by atoms with Crippen LogP contribution in [-0.2, 0) is 6.54 Å². The van der Waals surface area contributed by atoms with Crippen molar-refractivity contribution in [1.29, 1.82) is 0 Å². The van der Waals surface area contributed by atoms with Crippen molar-refractivity contribution in [2.24, 2.45) is 5.92 Å². The normalized spacial score (nSPS) is 18.7. The van der Waals surface area contributed by atoms with Crippen molar-refractivity contribution in [3.05, 3.63) is 71.6 Å². The molecule has 26 heavy (non-hydrogen) atoms. The molecule has 1 saturated carbocycles. The van der Waals surface area contributed by atoms with Gasteiger partial charge in [0.2, 0.25) is 0 Å². The van der Waals surface area contributed by atoms with E-state index >= 15 is 0 Å². The lowest BCUT2D eigenvalue weighted by Crippen LogP contribution is -2.25. The first-order valence-corrected chi connectivity index (χ1v) is 8.71. The van der Waals surface area contributed by atoms with E-state index in [1.807, 2.05) is 12.1 Å². The fourth-order valence-corrected chi connectivity index (χ4v) is 3.11. The van der Waals surface area contributed by atoms with E-state index in [1.54, 1.807) is 36.2 Å². The Morgan fingerprint density at radius 2 is 1.85 bits per heavy atom. The zero-order valence-corrected chi connectivity index (χ0v) is 14.7. The second-order valence-electron chi connectivity index (χ2n) is 6.96. The molecule has 0 aliphatic heterocycles. The molecule has 0 unspecified atom stereocenters. The molecule has 134 valence electrons. The van der Waals surface area contributed by atoms with Gasteiger partial charge in [-0.25, -0.2) is 4.39 Å². The Hall–Kier alpha value is -2.82. The van der Waals surface area contributed by atoms with Crippen LogP contribution in [0.15, 0.2) is 57.4 Å². The number of hydrogen-bond donors (Lipinski definition) is 0. The van der Waals surface area contributed by atoms with Gasteiger partial charge >= 0.3 is 0 Å². The highest BCUT2D eigenvalue weighted by molar-refractivity contribution is 5.91. The molecule has 2 heterocycles. The van der Waals surface area contributed by atoms with Crippen LogP contribution in [0.5, 0.6) is 0 Å². The molecule has 4 rings (SSSR count). The number of nitrogens with zero attached hydrogens (tertiary/aromatic N) is 1. The number of furan rings is 2. The fourth-order valence-electron chi connectivity index (χ4n) is 3.11. The number of amides is 1. The van der Waals surface area contributed by atoms with Gasteiger partial charge in [0, 0.05) is 18.5 Å². The second-order valence-corrected chi connectivity index (χ2v) is 6.96. The smallest absolute Gasteiger partial charge is 0.289 e. The summed E-state index contributed by atoms with van der Waals surface area (Å²) in [5.74, 6) is 3.21. The lowest BCUT2D eigenvalue weighted by Gasteiger charge is -2.14. The Morgan fingerprint density at radius 3 is 2.54 bits per heavy atom. The summed E-state index contributed by atoms with van der Waals surface area (Å²) < 4.78 is 24.5. The van der Waals surface area contributed by atoms with Crippen molar-refractivity contribution in [3.8, 4) is 11.3 Å². The molecule has 0 radical (unpaired) electrons. The van der Waals surface area contributed by atoms with Gasteiger partial charge in [0.15, 0.2) is 5.76 Å². The Kier molecular flexibility index (Phi) is 4.15. The van der Waals surface area contributed by atoms with Gasteiger partial charge in [0.25, 0.3) is 5.91 Å². The number of rotatable bonds is 5. The zero-order chi connectivity index (χ0) is 18.3. The Balaban J connectivity index is 1.43. The Labute approximate surface area is 151 Å². The van der Waals surface area contributed by atoms with Crippen LogP contribution in [0.2, 0.25) is 0 Å². The van der Waals surface area contributed by atoms with Crippen LogP contribution in [0.1, 0.15) is 41.3 Å². The zero-order valence-electron chi connectivity index (χ0n) is 14.7. The average Bonchev–Trinajstić information content (AvgIpc) is 3.05. The molecule has 1 aliphatic carbocycles. The maximum absolute atomic E-state index is 13.0. The van der Waals surface area contributed by atoms with Crippen LogP contribution in [0.25, 0.3) is 11.3 Å². The van der Waals surface area contributed by atoms with Gasteiger partial charge in [-0.15, -0.1) is 0 Å². The third-order valence-corrected chi connectivity index (χ3v) is 4.84. The summed E-state index contributed by atoms with van der Waals surface area (Å²) in [5, 5.41) is 0. The number of halogens is 1. The SMILES string of the molecule is C[C@@H]1C[C@@H]1c1ccc(CN(C)C(=O)c2ccc(-c3ccc(F)cc3)o2)o1. The van der Waals surface area contributed by atoms with Gasteiger partial charge in [-0.05, 0) is 60.9 Å². The summed E-state index contributed by atoms with van der Waals surface area (Å²) in [7, 11) is 1.71. The minimum Gasteiger partial charge on any atom is -0.464 e. The predicted molar refractivity (Wildman–Crippen MR) is 95.1 cm³/mol. The van der Waals surface area contributed by atoms with E-state index in [0.717, 1.165) is 17.1 Å². The summed E-state index contributed by atoms with van der Waals surface area (Å²) in [6.07, 6.45) is 1.17. The lowest BCUT2D eigenvalue weighted by atomic mass is 10.2. The summed E-state index contributed by atoms with van der Waals surface area (Å²) in [6.45, 7) is 2.59. The van der Waals surface area contributed by atoms with E-state index in [-0.39, 0.29) is 17.5 Å². The van der Waals surface area contributed by atoms with Crippen molar-refractivity contribution in [1.82, 2.24) is 4.90 Å². The molecule has 0 N–H and O–H groups in total. The molecule has 1 aliphatic rings. The van der Waals surface area contributed by atoms with E-state index in [4.69, 9.17) is 8.83 Å². The molecule has 4 nitrogen and oxygen atoms in total. The molecular formula is C21H20FNO3.